The number of carbonyl (C=O) groups is 1. The van der Waals surface area contributed by atoms with E-state index in [1.165, 1.54) is 19.2 Å². The minimum Gasteiger partial charge on any atom is -0.490 e. The molecule has 3 rings (SSSR count). The van der Waals surface area contributed by atoms with Gasteiger partial charge in [-0.05, 0) is 30.2 Å². The van der Waals surface area contributed by atoms with Gasteiger partial charge in [0, 0.05) is 18.2 Å². The Morgan fingerprint density at radius 2 is 1.47 bits per heavy atom. The van der Waals surface area contributed by atoms with E-state index < -0.39 is 11.8 Å². The number of halogens is 1. The molecule has 0 saturated heterocycles. The van der Waals surface area contributed by atoms with Crippen LogP contribution >= 0.6 is 0 Å². The average molecular weight is 436 g/mol. The van der Waals surface area contributed by atoms with Crippen LogP contribution in [0.15, 0.2) is 78.9 Å². The van der Waals surface area contributed by atoms with Crippen LogP contribution in [0.25, 0.3) is 5.57 Å². The summed E-state index contributed by atoms with van der Waals surface area (Å²) in [7, 11) is 1.34. The molecule has 0 spiro atoms. The number of rotatable bonds is 10. The van der Waals surface area contributed by atoms with Crippen molar-refractivity contribution in [3.8, 4) is 17.2 Å². The van der Waals surface area contributed by atoms with Gasteiger partial charge in [-0.15, -0.1) is 0 Å². The maximum atomic E-state index is 14.1. The summed E-state index contributed by atoms with van der Waals surface area (Å²) in [5.41, 5.74) is 1.91. The Morgan fingerprint density at radius 1 is 0.844 bits per heavy atom. The molecule has 5 nitrogen and oxygen atoms in total. The fourth-order valence-electron chi connectivity index (χ4n) is 3.10. The van der Waals surface area contributed by atoms with Crippen molar-refractivity contribution < 1.29 is 28.1 Å². The van der Waals surface area contributed by atoms with Crippen LogP contribution in [0, 0.1) is 5.82 Å². The third kappa shape index (κ3) is 6.35. The molecule has 0 atom stereocenters. The Hall–Kier alpha value is -3.80. The third-order valence-corrected chi connectivity index (χ3v) is 4.60. The second-order valence-corrected chi connectivity index (χ2v) is 6.77. The Kier molecular flexibility index (Phi) is 8.26. The van der Waals surface area contributed by atoms with E-state index in [0.29, 0.717) is 29.2 Å². The topological polar surface area (TPSA) is 54.0 Å². The van der Waals surface area contributed by atoms with Crippen molar-refractivity contribution in [3.05, 3.63) is 95.8 Å². The predicted molar refractivity (Wildman–Crippen MR) is 120 cm³/mol. The summed E-state index contributed by atoms with van der Waals surface area (Å²) in [5.74, 6) is 0.496. The SMILES string of the molecule is CC=C(C(=O)OC)c1ccccc1COc1cc(F)cc(OCCOc2ccccc2)c1. The third-order valence-electron chi connectivity index (χ3n) is 4.60. The second kappa shape index (κ2) is 11.6. The van der Waals surface area contributed by atoms with E-state index in [-0.39, 0.29) is 13.2 Å². The van der Waals surface area contributed by atoms with Crippen LogP contribution in [0.1, 0.15) is 18.1 Å². The summed E-state index contributed by atoms with van der Waals surface area (Å²) in [5, 5.41) is 0. The molecule has 3 aromatic rings. The van der Waals surface area contributed by atoms with Gasteiger partial charge in [0.1, 0.15) is 42.9 Å². The minimum atomic E-state index is -0.474. The number of benzene rings is 3. The van der Waals surface area contributed by atoms with Crippen molar-refractivity contribution in [2.75, 3.05) is 20.3 Å². The zero-order valence-corrected chi connectivity index (χ0v) is 18.0. The highest BCUT2D eigenvalue weighted by Crippen LogP contribution is 2.26. The fourth-order valence-corrected chi connectivity index (χ4v) is 3.10. The number of methoxy groups -OCH3 is 1. The van der Waals surface area contributed by atoms with Crippen LogP contribution in [0.3, 0.4) is 0 Å². The Bertz CT molecular complexity index is 1060. The lowest BCUT2D eigenvalue weighted by Gasteiger charge is -2.14. The number of hydrogen-bond donors (Lipinski definition) is 0. The van der Waals surface area contributed by atoms with Crippen molar-refractivity contribution in [2.45, 2.75) is 13.5 Å². The lowest BCUT2D eigenvalue weighted by Crippen LogP contribution is -2.09. The summed E-state index contributed by atoms with van der Waals surface area (Å²) in [6, 6.07) is 20.9. The number of allylic oxidation sites excluding steroid dienone is 1. The Labute approximate surface area is 187 Å². The molecule has 0 N–H and O–H groups in total. The van der Waals surface area contributed by atoms with Gasteiger partial charge >= 0.3 is 5.97 Å². The van der Waals surface area contributed by atoms with E-state index in [2.05, 4.69) is 0 Å². The quantitative estimate of drug-likeness (QED) is 0.241. The van der Waals surface area contributed by atoms with Crippen LogP contribution in [0.5, 0.6) is 17.2 Å². The number of carbonyl (C=O) groups excluding carboxylic acids is 1. The summed E-state index contributed by atoms with van der Waals surface area (Å²) in [6.07, 6.45) is 1.69. The molecule has 0 unspecified atom stereocenters. The Morgan fingerprint density at radius 3 is 2.16 bits per heavy atom. The van der Waals surface area contributed by atoms with Gasteiger partial charge in [0.05, 0.1) is 12.7 Å². The molecule has 0 fully saturated rings. The summed E-state index contributed by atoms with van der Waals surface area (Å²) in [6.45, 7) is 2.49. The van der Waals surface area contributed by atoms with Crippen LogP contribution in [0.4, 0.5) is 4.39 Å². The maximum absolute atomic E-state index is 14.1. The molecule has 0 amide bonds. The molecule has 32 heavy (non-hydrogen) atoms. The standard InChI is InChI=1S/C26H25FO5/c1-3-24(26(28)29-2)25-12-8-7-9-19(25)18-32-23-16-20(27)15-22(17-23)31-14-13-30-21-10-5-4-6-11-21/h3-12,15-17H,13-14,18H2,1-2H3. The highest BCUT2D eigenvalue weighted by Gasteiger charge is 2.15. The van der Waals surface area contributed by atoms with Crippen LogP contribution in [-0.4, -0.2) is 26.3 Å². The summed E-state index contributed by atoms with van der Waals surface area (Å²) < 4.78 is 35.9. The molecular formula is C26H25FO5. The molecule has 0 aliphatic carbocycles. The van der Waals surface area contributed by atoms with Gasteiger partial charge in [-0.25, -0.2) is 9.18 Å². The van der Waals surface area contributed by atoms with Crippen molar-refractivity contribution >= 4 is 11.5 Å². The van der Waals surface area contributed by atoms with E-state index in [1.807, 2.05) is 54.6 Å². The van der Waals surface area contributed by atoms with Gasteiger partial charge in [0.2, 0.25) is 0 Å². The molecule has 166 valence electrons. The fraction of sp³-hybridized carbons (Fsp3) is 0.192. The first kappa shape index (κ1) is 22.9. The van der Waals surface area contributed by atoms with Crippen LogP contribution < -0.4 is 14.2 Å². The first-order chi connectivity index (χ1) is 15.6. The highest BCUT2D eigenvalue weighted by molar-refractivity contribution is 6.16. The molecule has 0 aliphatic rings. The lowest BCUT2D eigenvalue weighted by molar-refractivity contribution is -0.133. The average Bonchev–Trinajstić information content (AvgIpc) is 2.82. The summed E-state index contributed by atoms with van der Waals surface area (Å²) in [4.78, 5) is 12.1. The lowest BCUT2D eigenvalue weighted by atomic mass is 10.00. The first-order valence-electron chi connectivity index (χ1n) is 10.2. The van der Waals surface area contributed by atoms with Gasteiger partial charge in [-0.3, -0.25) is 0 Å². The van der Waals surface area contributed by atoms with Gasteiger partial charge in [-0.2, -0.15) is 0 Å². The molecule has 0 bridgehead atoms. The normalized spacial score (nSPS) is 11.0. The molecule has 0 aromatic heterocycles. The van der Waals surface area contributed by atoms with E-state index in [1.54, 1.807) is 19.1 Å². The largest absolute Gasteiger partial charge is 0.490 e. The smallest absolute Gasteiger partial charge is 0.338 e. The molecule has 0 heterocycles. The number of ether oxygens (including phenoxy) is 4. The van der Waals surface area contributed by atoms with E-state index in [0.717, 1.165) is 11.3 Å². The second-order valence-electron chi connectivity index (χ2n) is 6.77. The predicted octanol–water partition coefficient (Wildman–Crippen LogP) is 5.44. The van der Waals surface area contributed by atoms with Gasteiger partial charge in [0.25, 0.3) is 0 Å². The van der Waals surface area contributed by atoms with Crippen molar-refractivity contribution in [1.29, 1.82) is 0 Å². The molecule has 3 aromatic carbocycles. The van der Waals surface area contributed by atoms with Crippen molar-refractivity contribution in [2.24, 2.45) is 0 Å². The molecule has 0 radical (unpaired) electrons. The molecule has 0 saturated carbocycles. The maximum Gasteiger partial charge on any atom is 0.338 e. The van der Waals surface area contributed by atoms with E-state index in [9.17, 15) is 9.18 Å². The van der Waals surface area contributed by atoms with Gasteiger partial charge < -0.3 is 18.9 Å². The Balaban J connectivity index is 1.63. The number of para-hydroxylation sites is 1. The zero-order chi connectivity index (χ0) is 22.8. The molecule has 6 heteroatoms. The van der Waals surface area contributed by atoms with Gasteiger partial charge in [0.15, 0.2) is 0 Å². The number of hydrogen-bond acceptors (Lipinski definition) is 5. The monoisotopic (exact) mass is 436 g/mol. The molecular weight excluding hydrogens is 411 g/mol. The van der Waals surface area contributed by atoms with Crippen LogP contribution in [0.2, 0.25) is 0 Å². The highest BCUT2D eigenvalue weighted by atomic mass is 19.1. The summed E-state index contributed by atoms with van der Waals surface area (Å²) >= 11 is 0. The number of esters is 1. The molecule has 0 aliphatic heterocycles. The van der Waals surface area contributed by atoms with Crippen molar-refractivity contribution in [1.82, 2.24) is 0 Å². The van der Waals surface area contributed by atoms with E-state index in [4.69, 9.17) is 18.9 Å². The zero-order valence-electron chi connectivity index (χ0n) is 18.0. The van der Waals surface area contributed by atoms with Gasteiger partial charge in [-0.1, -0.05) is 48.5 Å². The van der Waals surface area contributed by atoms with E-state index >= 15 is 0 Å². The first-order valence-corrected chi connectivity index (χ1v) is 10.2. The van der Waals surface area contributed by atoms with Crippen LogP contribution in [-0.2, 0) is 16.1 Å². The minimum absolute atomic E-state index is 0.143. The van der Waals surface area contributed by atoms with Crippen molar-refractivity contribution in [3.63, 3.8) is 0 Å².